The summed E-state index contributed by atoms with van der Waals surface area (Å²) >= 11 is 0. The summed E-state index contributed by atoms with van der Waals surface area (Å²) in [4.78, 5) is 25.9. The van der Waals surface area contributed by atoms with Gasteiger partial charge in [0.1, 0.15) is 11.6 Å². The second-order valence-electron chi connectivity index (χ2n) is 6.92. The average molecular weight is 406 g/mol. The van der Waals surface area contributed by atoms with Gasteiger partial charge in [0.05, 0.1) is 11.6 Å². The number of halogens is 3. The number of nitrogens with zero attached hydrogens (tertiary/aromatic N) is 1. The maximum Gasteiger partial charge on any atom is 0.387 e. The zero-order valence-corrected chi connectivity index (χ0v) is 15.8. The quantitative estimate of drug-likeness (QED) is 0.766. The van der Waals surface area contributed by atoms with Gasteiger partial charge in [0, 0.05) is 19.5 Å². The van der Waals surface area contributed by atoms with Crippen molar-refractivity contribution in [3.8, 4) is 5.75 Å². The summed E-state index contributed by atoms with van der Waals surface area (Å²) in [6, 6.07) is 10.8. The van der Waals surface area contributed by atoms with Crippen LogP contribution in [0.25, 0.3) is 0 Å². The molecular formula is C21H21F3N2O3. The predicted octanol–water partition coefficient (Wildman–Crippen LogP) is 3.45. The largest absolute Gasteiger partial charge is 0.435 e. The number of ether oxygens (including phenoxy) is 1. The Balaban J connectivity index is 1.50. The third kappa shape index (κ3) is 5.28. The lowest BCUT2D eigenvalue weighted by Crippen LogP contribution is -2.34. The fourth-order valence-electron chi connectivity index (χ4n) is 3.26. The van der Waals surface area contributed by atoms with E-state index < -0.39 is 18.3 Å². The molecule has 5 nitrogen and oxygen atoms in total. The summed E-state index contributed by atoms with van der Waals surface area (Å²) in [5, 5.41) is 2.77. The summed E-state index contributed by atoms with van der Waals surface area (Å²) in [6.07, 6.45) is 0.524. The molecule has 1 aliphatic heterocycles. The Hall–Kier alpha value is -3.03. The van der Waals surface area contributed by atoms with Crippen molar-refractivity contribution in [1.29, 1.82) is 0 Å². The van der Waals surface area contributed by atoms with E-state index in [9.17, 15) is 22.8 Å². The van der Waals surface area contributed by atoms with Crippen molar-refractivity contribution >= 4 is 17.5 Å². The van der Waals surface area contributed by atoms with Crippen molar-refractivity contribution in [1.82, 2.24) is 5.32 Å². The van der Waals surface area contributed by atoms with Gasteiger partial charge in [-0.1, -0.05) is 18.2 Å². The Bertz CT molecular complexity index is 887. The van der Waals surface area contributed by atoms with E-state index in [1.807, 2.05) is 0 Å². The molecule has 1 atom stereocenters. The Morgan fingerprint density at radius 2 is 1.97 bits per heavy atom. The van der Waals surface area contributed by atoms with E-state index in [4.69, 9.17) is 0 Å². The minimum atomic E-state index is -2.87. The van der Waals surface area contributed by atoms with Crippen molar-refractivity contribution in [2.75, 3.05) is 18.0 Å². The molecule has 0 saturated carbocycles. The molecule has 2 aromatic rings. The van der Waals surface area contributed by atoms with Crippen LogP contribution in [0.15, 0.2) is 42.5 Å². The highest BCUT2D eigenvalue weighted by atomic mass is 19.3. The zero-order chi connectivity index (χ0) is 21.0. The number of hydrogen-bond acceptors (Lipinski definition) is 3. The molecule has 0 bridgehead atoms. The standard InChI is InChI=1S/C21H21F3N2O3/c1-13-2-7-18(17(22)10-13)26-12-15(11-19(26)27)20(28)25-9-8-14-3-5-16(6-4-14)29-21(23)24/h2-7,10,15,21H,8-9,11-12H2,1H3,(H,25,28). The Labute approximate surface area is 166 Å². The van der Waals surface area contributed by atoms with Gasteiger partial charge in [-0.25, -0.2) is 4.39 Å². The Morgan fingerprint density at radius 1 is 1.24 bits per heavy atom. The highest BCUT2D eigenvalue weighted by Crippen LogP contribution is 2.28. The number of carbonyl (C=O) groups excluding carboxylic acids is 2. The summed E-state index contributed by atoms with van der Waals surface area (Å²) in [7, 11) is 0. The third-order valence-corrected chi connectivity index (χ3v) is 4.75. The van der Waals surface area contributed by atoms with Crippen molar-refractivity contribution in [2.45, 2.75) is 26.4 Å². The van der Waals surface area contributed by atoms with E-state index in [-0.39, 0.29) is 36.2 Å². The average Bonchev–Trinajstić information content (AvgIpc) is 3.04. The van der Waals surface area contributed by atoms with Crippen molar-refractivity contribution in [2.24, 2.45) is 5.92 Å². The number of alkyl halides is 2. The maximum atomic E-state index is 14.1. The number of amides is 2. The first-order chi connectivity index (χ1) is 13.8. The Kier molecular flexibility index (Phi) is 6.41. The molecule has 1 saturated heterocycles. The van der Waals surface area contributed by atoms with Gasteiger partial charge in [0.2, 0.25) is 11.8 Å². The first-order valence-electron chi connectivity index (χ1n) is 9.21. The van der Waals surface area contributed by atoms with Crippen molar-refractivity contribution in [3.05, 3.63) is 59.4 Å². The van der Waals surface area contributed by atoms with Gasteiger partial charge < -0.3 is 15.0 Å². The lowest BCUT2D eigenvalue weighted by atomic mass is 10.1. The van der Waals surface area contributed by atoms with Gasteiger partial charge in [-0.05, 0) is 48.7 Å². The van der Waals surface area contributed by atoms with E-state index in [2.05, 4.69) is 10.1 Å². The molecular weight excluding hydrogens is 385 g/mol. The van der Waals surface area contributed by atoms with E-state index in [0.717, 1.165) is 11.1 Å². The highest BCUT2D eigenvalue weighted by molar-refractivity contribution is 6.00. The Morgan fingerprint density at radius 3 is 2.62 bits per heavy atom. The molecule has 8 heteroatoms. The van der Waals surface area contributed by atoms with Crippen LogP contribution in [0.1, 0.15) is 17.5 Å². The summed E-state index contributed by atoms with van der Waals surface area (Å²) in [5.41, 5.74) is 1.78. The first-order valence-corrected chi connectivity index (χ1v) is 9.21. The summed E-state index contributed by atoms with van der Waals surface area (Å²) in [6.45, 7) is -0.655. The number of hydrogen-bond donors (Lipinski definition) is 1. The number of carbonyl (C=O) groups is 2. The van der Waals surface area contributed by atoms with Crippen LogP contribution in [0, 0.1) is 18.7 Å². The number of aryl methyl sites for hydroxylation is 1. The van der Waals surface area contributed by atoms with Crippen LogP contribution in [0.5, 0.6) is 5.75 Å². The summed E-state index contributed by atoms with van der Waals surface area (Å²) in [5.74, 6) is -1.53. The van der Waals surface area contributed by atoms with E-state index in [1.165, 1.54) is 23.1 Å². The van der Waals surface area contributed by atoms with Gasteiger partial charge in [0.25, 0.3) is 0 Å². The van der Waals surface area contributed by atoms with E-state index >= 15 is 0 Å². The number of nitrogens with one attached hydrogen (secondary N) is 1. The summed E-state index contributed by atoms with van der Waals surface area (Å²) < 4.78 is 42.7. The van der Waals surface area contributed by atoms with Crippen molar-refractivity contribution < 1.29 is 27.5 Å². The molecule has 2 amide bonds. The molecule has 1 fully saturated rings. The van der Waals surface area contributed by atoms with E-state index in [1.54, 1.807) is 31.2 Å². The minimum absolute atomic E-state index is 0.0266. The van der Waals surface area contributed by atoms with Gasteiger partial charge >= 0.3 is 6.61 Å². The van der Waals surface area contributed by atoms with Crippen LogP contribution in [0.4, 0.5) is 18.9 Å². The molecule has 1 unspecified atom stereocenters. The SMILES string of the molecule is Cc1ccc(N2CC(C(=O)NCCc3ccc(OC(F)F)cc3)CC2=O)c(F)c1. The van der Waals surface area contributed by atoms with Crippen LogP contribution in [0.3, 0.4) is 0 Å². The molecule has 0 aromatic heterocycles. The molecule has 154 valence electrons. The van der Waals surface area contributed by atoms with Crippen LogP contribution in [-0.2, 0) is 16.0 Å². The van der Waals surface area contributed by atoms with E-state index in [0.29, 0.717) is 13.0 Å². The fourth-order valence-corrected chi connectivity index (χ4v) is 3.26. The lowest BCUT2D eigenvalue weighted by molar-refractivity contribution is -0.126. The van der Waals surface area contributed by atoms with Gasteiger partial charge in [-0.3, -0.25) is 9.59 Å². The molecule has 2 aromatic carbocycles. The van der Waals surface area contributed by atoms with Crippen LogP contribution in [0.2, 0.25) is 0 Å². The molecule has 3 rings (SSSR count). The number of benzene rings is 2. The molecule has 0 radical (unpaired) electrons. The minimum Gasteiger partial charge on any atom is -0.435 e. The first kappa shape index (κ1) is 20.7. The normalized spacial score (nSPS) is 16.4. The number of anilines is 1. The second kappa shape index (κ2) is 8.98. The van der Waals surface area contributed by atoms with Crippen LogP contribution < -0.4 is 15.0 Å². The van der Waals surface area contributed by atoms with Gasteiger partial charge in [0.15, 0.2) is 0 Å². The van der Waals surface area contributed by atoms with Crippen LogP contribution in [-0.4, -0.2) is 31.5 Å². The van der Waals surface area contributed by atoms with Crippen LogP contribution >= 0.6 is 0 Å². The predicted molar refractivity (Wildman–Crippen MR) is 101 cm³/mol. The molecule has 1 heterocycles. The highest BCUT2D eigenvalue weighted by Gasteiger charge is 2.36. The molecule has 1 aliphatic rings. The monoisotopic (exact) mass is 406 g/mol. The fraction of sp³-hybridized carbons (Fsp3) is 0.333. The lowest BCUT2D eigenvalue weighted by Gasteiger charge is -2.17. The molecule has 0 spiro atoms. The van der Waals surface area contributed by atoms with Gasteiger partial charge in [-0.2, -0.15) is 8.78 Å². The smallest absolute Gasteiger partial charge is 0.387 e. The van der Waals surface area contributed by atoms with Crippen molar-refractivity contribution in [3.63, 3.8) is 0 Å². The third-order valence-electron chi connectivity index (χ3n) is 4.75. The zero-order valence-electron chi connectivity index (χ0n) is 15.8. The molecule has 1 N–H and O–H groups in total. The van der Waals surface area contributed by atoms with Gasteiger partial charge in [-0.15, -0.1) is 0 Å². The second-order valence-corrected chi connectivity index (χ2v) is 6.92. The maximum absolute atomic E-state index is 14.1. The molecule has 29 heavy (non-hydrogen) atoms. The number of rotatable bonds is 7. The molecule has 0 aliphatic carbocycles. The topological polar surface area (TPSA) is 58.6 Å².